The molecule has 1 amide bonds. The Morgan fingerprint density at radius 2 is 2.04 bits per heavy atom. The Bertz CT molecular complexity index is 524. The average molecular weight is 343 g/mol. The van der Waals surface area contributed by atoms with Gasteiger partial charge in [0.05, 0.1) is 5.54 Å². The molecule has 1 aromatic rings. The van der Waals surface area contributed by atoms with Crippen LogP contribution in [0.25, 0.3) is 0 Å². The number of aromatic nitrogens is 2. The van der Waals surface area contributed by atoms with Gasteiger partial charge in [-0.25, -0.2) is 0 Å². The van der Waals surface area contributed by atoms with Gasteiger partial charge >= 0.3 is 0 Å². The summed E-state index contributed by atoms with van der Waals surface area (Å²) in [6, 6.07) is -0.263. The van der Waals surface area contributed by atoms with Crippen LogP contribution in [0.5, 0.6) is 0 Å². The Kier molecular flexibility index (Phi) is 6.03. The van der Waals surface area contributed by atoms with Crippen molar-refractivity contribution in [3.63, 3.8) is 0 Å². The smallest absolute Gasteiger partial charge is 0.248 e. The second-order valence-corrected chi connectivity index (χ2v) is 6.96. The molecule has 23 heavy (non-hydrogen) atoms. The Balaban J connectivity index is 0.00000192. The molecule has 0 spiro atoms. The van der Waals surface area contributed by atoms with E-state index in [-0.39, 0.29) is 24.4 Å². The van der Waals surface area contributed by atoms with Crippen LogP contribution in [-0.4, -0.2) is 16.0 Å². The summed E-state index contributed by atoms with van der Waals surface area (Å²) >= 11 is 0. The minimum absolute atomic E-state index is 0. The van der Waals surface area contributed by atoms with E-state index in [4.69, 9.17) is 10.3 Å². The number of nitrogens with two attached hydrogens (primary N) is 1. The Labute approximate surface area is 143 Å². The first-order chi connectivity index (χ1) is 10.6. The number of halogens is 1. The zero-order chi connectivity index (χ0) is 15.6. The highest BCUT2D eigenvalue weighted by Crippen LogP contribution is 2.37. The van der Waals surface area contributed by atoms with Gasteiger partial charge in [-0.2, -0.15) is 4.98 Å². The van der Waals surface area contributed by atoms with Gasteiger partial charge in [-0.15, -0.1) is 12.4 Å². The maximum atomic E-state index is 12.1. The number of amides is 1. The minimum Gasteiger partial charge on any atom is -0.345 e. The van der Waals surface area contributed by atoms with E-state index in [1.807, 2.05) is 6.92 Å². The molecule has 7 heteroatoms. The van der Waals surface area contributed by atoms with Crippen molar-refractivity contribution in [3.8, 4) is 0 Å². The summed E-state index contributed by atoms with van der Waals surface area (Å²) < 4.78 is 5.28. The van der Waals surface area contributed by atoms with Crippen LogP contribution in [0.4, 0.5) is 0 Å². The number of hydrogen-bond acceptors (Lipinski definition) is 5. The van der Waals surface area contributed by atoms with E-state index in [1.54, 1.807) is 0 Å². The second kappa shape index (κ2) is 7.62. The predicted octanol–water partition coefficient (Wildman–Crippen LogP) is 2.98. The third-order valence-electron chi connectivity index (χ3n) is 5.08. The fourth-order valence-electron chi connectivity index (χ4n) is 3.41. The fraction of sp³-hybridized carbons (Fsp3) is 0.812. The molecular formula is C16H27ClN4O2. The molecule has 0 aliphatic heterocycles. The maximum Gasteiger partial charge on any atom is 0.248 e. The molecule has 1 unspecified atom stereocenters. The summed E-state index contributed by atoms with van der Waals surface area (Å²) in [5.41, 5.74) is 5.77. The van der Waals surface area contributed by atoms with Crippen LogP contribution in [0.2, 0.25) is 0 Å². The highest BCUT2D eigenvalue weighted by atomic mass is 35.5. The minimum atomic E-state index is -0.423. The zero-order valence-corrected chi connectivity index (χ0v) is 14.5. The topological polar surface area (TPSA) is 94.0 Å². The lowest BCUT2D eigenvalue weighted by Crippen LogP contribution is -2.44. The molecule has 130 valence electrons. The van der Waals surface area contributed by atoms with Gasteiger partial charge in [0, 0.05) is 6.42 Å². The molecule has 2 aliphatic carbocycles. The molecule has 2 saturated carbocycles. The first kappa shape index (κ1) is 18.2. The monoisotopic (exact) mass is 342 g/mol. The summed E-state index contributed by atoms with van der Waals surface area (Å²) in [4.78, 5) is 16.5. The SMILES string of the molecule is CC(NC(=O)CC1CCCCC1)c1nc(C2(N)CCC2)no1.Cl. The van der Waals surface area contributed by atoms with Gasteiger partial charge < -0.3 is 15.6 Å². The van der Waals surface area contributed by atoms with E-state index in [9.17, 15) is 4.79 Å². The number of carbonyl (C=O) groups excluding carboxylic acids is 1. The van der Waals surface area contributed by atoms with E-state index in [2.05, 4.69) is 15.5 Å². The van der Waals surface area contributed by atoms with Crippen molar-refractivity contribution < 1.29 is 9.32 Å². The van der Waals surface area contributed by atoms with E-state index in [1.165, 1.54) is 32.1 Å². The van der Waals surface area contributed by atoms with Crippen molar-refractivity contribution >= 4 is 18.3 Å². The Hall–Kier alpha value is -1.14. The lowest BCUT2D eigenvalue weighted by atomic mass is 9.77. The summed E-state index contributed by atoms with van der Waals surface area (Å²) in [6.07, 6.45) is 9.64. The second-order valence-electron chi connectivity index (χ2n) is 6.96. The molecule has 3 N–H and O–H groups in total. The lowest BCUT2D eigenvalue weighted by molar-refractivity contribution is -0.123. The highest BCUT2D eigenvalue weighted by Gasteiger charge is 2.39. The molecule has 0 bridgehead atoms. The van der Waals surface area contributed by atoms with Crippen molar-refractivity contribution in [2.45, 2.75) is 76.3 Å². The molecule has 6 nitrogen and oxygen atoms in total. The zero-order valence-electron chi connectivity index (χ0n) is 13.7. The van der Waals surface area contributed by atoms with Crippen molar-refractivity contribution in [2.24, 2.45) is 11.7 Å². The average Bonchev–Trinajstić information content (AvgIpc) is 2.96. The third kappa shape index (κ3) is 4.23. The maximum absolute atomic E-state index is 12.1. The van der Waals surface area contributed by atoms with Gasteiger partial charge in [-0.1, -0.05) is 24.4 Å². The number of rotatable bonds is 5. The third-order valence-corrected chi connectivity index (χ3v) is 5.08. The van der Waals surface area contributed by atoms with E-state index in [0.29, 0.717) is 24.1 Å². The summed E-state index contributed by atoms with van der Waals surface area (Å²) in [7, 11) is 0. The van der Waals surface area contributed by atoms with Gasteiger partial charge in [0.15, 0.2) is 5.82 Å². The van der Waals surface area contributed by atoms with Crippen LogP contribution in [0.1, 0.15) is 82.5 Å². The molecule has 2 fully saturated rings. The first-order valence-corrected chi connectivity index (χ1v) is 8.49. The molecule has 3 rings (SSSR count). The van der Waals surface area contributed by atoms with Crippen LogP contribution < -0.4 is 11.1 Å². The quantitative estimate of drug-likeness (QED) is 0.857. The number of hydrogen-bond donors (Lipinski definition) is 2. The van der Waals surface area contributed by atoms with Gasteiger partial charge in [0.25, 0.3) is 0 Å². The molecular weight excluding hydrogens is 316 g/mol. The highest BCUT2D eigenvalue weighted by molar-refractivity contribution is 5.85. The molecule has 0 radical (unpaired) electrons. The van der Waals surface area contributed by atoms with E-state index < -0.39 is 5.54 Å². The van der Waals surface area contributed by atoms with Crippen molar-refractivity contribution in [3.05, 3.63) is 11.7 Å². The largest absolute Gasteiger partial charge is 0.345 e. The Morgan fingerprint density at radius 1 is 1.35 bits per heavy atom. The van der Waals surface area contributed by atoms with Gasteiger partial charge in [-0.3, -0.25) is 4.79 Å². The molecule has 1 atom stereocenters. The lowest BCUT2D eigenvalue weighted by Gasteiger charge is -2.34. The van der Waals surface area contributed by atoms with Crippen LogP contribution in [0, 0.1) is 5.92 Å². The van der Waals surface area contributed by atoms with Crippen LogP contribution >= 0.6 is 12.4 Å². The van der Waals surface area contributed by atoms with Gasteiger partial charge in [-0.05, 0) is 44.9 Å². The first-order valence-electron chi connectivity index (χ1n) is 8.49. The molecule has 1 heterocycles. The number of carbonyl (C=O) groups is 1. The summed E-state index contributed by atoms with van der Waals surface area (Å²) in [5.74, 6) is 1.62. The molecule has 0 aromatic carbocycles. The summed E-state index contributed by atoms with van der Waals surface area (Å²) in [5, 5.41) is 6.96. The van der Waals surface area contributed by atoms with E-state index in [0.717, 1.165) is 19.3 Å². The molecule has 0 saturated heterocycles. The molecule has 2 aliphatic rings. The van der Waals surface area contributed by atoms with Gasteiger partial charge in [0.2, 0.25) is 11.8 Å². The summed E-state index contributed by atoms with van der Waals surface area (Å²) in [6.45, 7) is 1.88. The van der Waals surface area contributed by atoms with Gasteiger partial charge in [0.1, 0.15) is 6.04 Å². The number of nitrogens with zero attached hydrogens (tertiary/aromatic N) is 2. The molecule has 1 aromatic heterocycles. The van der Waals surface area contributed by atoms with Crippen LogP contribution in [0.3, 0.4) is 0 Å². The van der Waals surface area contributed by atoms with E-state index >= 15 is 0 Å². The van der Waals surface area contributed by atoms with Crippen LogP contribution in [0.15, 0.2) is 4.52 Å². The van der Waals surface area contributed by atoms with Crippen molar-refractivity contribution in [1.82, 2.24) is 15.5 Å². The fourth-order valence-corrected chi connectivity index (χ4v) is 3.41. The van der Waals surface area contributed by atoms with Crippen molar-refractivity contribution in [2.75, 3.05) is 0 Å². The van der Waals surface area contributed by atoms with Crippen molar-refractivity contribution in [1.29, 1.82) is 0 Å². The Morgan fingerprint density at radius 3 is 2.65 bits per heavy atom. The number of nitrogens with one attached hydrogen (secondary N) is 1. The standard InChI is InChI=1S/C16H26N4O2.ClH/c1-11(18-13(21)10-12-6-3-2-4-7-12)14-19-15(20-22-14)16(17)8-5-9-16;/h11-12H,2-10,17H2,1H3,(H,18,21);1H. The normalized spacial score (nSPS) is 21.8. The van der Waals surface area contributed by atoms with Crippen LogP contribution in [-0.2, 0) is 10.3 Å². The predicted molar refractivity (Wildman–Crippen MR) is 89.0 cm³/mol.